The predicted molar refractivity (Wildman–Crippen MR) is 120 cm³/mol. The number of hydrogen-bond donors (Lipinski definition) is 0. The summed E-state index contributed by atoms with van der Waals surface area (Å²) in [6.07, 6.45) is 17.5. The average molecular weight is 441 g/mol. The lowest BCUT2D eigenvalue weighted by molar-refractivity contribution is -0.00731. The minimum Gasteiger partial charge on any atom is -0.143 e. The van der Waals surface area contributed by atoms with Gasteiger partial charge in [0.05, 0.1) is 11.4 Å². The maximum Gasteiger partial charge on any atom is 0.0817 e. The molecule has 2 aromatic rings. The van der Waals surface area contributed by atoms with Crippen LogP contribution in [0.5, 0.6) is 0 Å². The highest BCUT2D eigenvalue weighted by atomic mass is 32.1. The van der Waals surface area contributed by atoms with Crippen LogP contribution in [0.25, 0.3) is 0 Å². The van der Waals surface area contributed by atoms with E-state index >= 15 is 0 Å². The Morgan fingerprint density at radius 1 is 0.533 bits per heavy atom. The summed E-state index contributed by atoms with van der Waals surface area (Å²) in [5.41, 5.74) is 3.57. The highest BCUT2D eigenvalue weighted by Gasteiger charge is 2.53. The Morgan fingerprint density at radius 3 is 1.07 bits per heavy atom. The van der Waals surface area contributed by atoms with E-state index in [1.807, 2.05) is 0 Å². The third kappa shape index (κ3) is 2.96. The van der Waals surface area contributed by atoms with Gasteiger partial charge in [0.1, 0.15) is 0 Å². The zero-order valence-electron chi connectivity index (χ0n) is 17.7. The molecule has 6 heteroatoms. The van der Waals surface area contributed by atoms with Crippen molar-refractivity contribution in [1.82, 2.24) is 19.2 Å². The van der Waals surface area contributed by atoms with Crippen molar-refractivity contribution in [3.8, 4) is 0 Å². The lowest BCUT2D eigenvalue weighted by atomic mass is 9.49. The van der Waals surface area contributed by atoms with Crippen LogP contribution < -0.4 is 0 Å². The molecule has 0 spiro atoms. The van der Waals surface area contributed by atoms with Crippen LogP contribution in [-0.4, -0.2) is 19.2 Å². The molecule has 0 aromatic carbocycles. The Bertz CT molecular complexity index is 746. The standard InChI is InChI=1S/2C12H16N2S/c2*1-8-2-10-3-9(1)5-12(4-8,6-10)11-7-15-14-13-11/h2*7-10H,1-6H2. The normalized spacial score (nSPS) is 47.3. The average Bonchev–Trinajstić information content (AvgIpc) is 3.42. The van der Waals surface area contributed by atoms with Crippen LogP contribution in [0.2, 0.25) is 0 Å². The van der Waals surface area contributed by atoms with Crippen molar-refractivity contribution in [3.05, 3.63) is 22.1 Å². The van der Waals surface area contributed by atoms with Crippen LogP contribution in [-0.2, 0) is 10.8 Å². The molecule has 0 atom stereocenters. The van der Waals surface area contributed by atoms with Crippen LogP contribution in [0.15, 0.2) is 10.8 Å². The first kappa shape index (κ1) is 18.7. The Morgan fingerprint density at radius 2 is 0.833 bits per heavy atom. The molecule has 8 aliphatic carbocycles. The van der Waals surface area contributed by atoms with Gasteiger partial charge in [-0.15, -0.1) is 10.2 Å². The molecule has 160 valence electrons. The van der Waals surface area contributed by atoms with E-state index in [2.05, 4.69) is 29.9 Å². The fourth-order valence-corrected chi connectivity index (χ4v) is 10.8. The highest BCUT2D eigenvalue weighted by molar-refractivity contribution is 7.03. The molecule has 10 rings (SSSR count). The molecule has 2 heterocycles. The summed E-state index contributed by atoms with van der Waals surface area (Å²) in [6, 6.07) is 0. The smallest absolute Gasteiger partial charge is 0.0817 e. The van der Waals surface area contributed by atoms with Crippen molar-refractivity contribution in [2.45, 2.75) is 87.9 Å². The van der Waals surface area contributed by atoms with E-state index < -0.39 is 0 Å². The SMILES string of the molecule is c1snnc1C12CC3CC(CC(C3)C1)C2.c1snnc1C12CC3CC(CC(C3)C1)C2. The molecule has 0 unspecified atom stereocenters. The summed E-state index contributed by atoms with van der Waals surface area (Å²) < 4.78 is 8.14. The van der Waals surface area contributed by atoms with Gasteiger partial charge in [0.25, 0.3) is 0 Å². The summed E-state index contributed by atoms with van der Waals surface area (Å²) in [5, 5.41) is 13.2. The zero-order chi connectivity index (χ0) is 19.8. The first-order valence-electron chi connectivity index (χ1n) is 12.2. The molecule has 2 aromatic heterocycles. The molecule has 0 amide bonds. The summed E-state index contributed by atoms with van der Waals surface area (Å²) in [6.45, 7) is 0. The monoisotopic (exact) mass is 440 g/mol. The second-order valence-electron chi connectivity index (χ2n) is 12.0. The van der Waals surface area contributed by atoms with E-state index in [4.69, 9.17) is 0 Å². The largest absolute Gasteiger partial charge is 0.143 e. The zero-order valence-corrected chi connectivity index (χ0v) is 19.3. The Hall–Kier alpha value is -0.880. The minimum atomic E-state index is 0.460. The highest BCUT2D eigenvalue weighted by Crippen LogP contribution is 2.61. The second-order valence-corrected chi connectivity index (χ2v) is 13.2. The van der Waals surface area contributed by atoms with E-state index in [1.54, 1.807) is 0 Å². The maximum absolute atomic E-state index is 4.37. The number of hydrogen-bond acceptors (Lipinski definition) is 6. The third-order valence-electron chi connectivity index (χ3n) is 9.88. The van der Waals surface area contributed by atoms with E-state index in [0.29, 0.717) is 10.8 Å². The molecule has 8 aliphatic rings. The summed E-state index contributed by atoms with van der Waals surface area (Å²) >= 11 is 3.05. The molecule has 0 N–H and O–H groups in total. The molecular weight excluding hydrogens is 408 g/mol. The lowest BCUT2D eigenvalue weighted by Crippen LogP contribution is -2.48. The minimum absolute atomic E-state index is 0.460. The fourth-order valence-electron chi connectivity index (χ4n) is 9.64. The van der Waals surface area contributed by atoms with Crippen molar-refractivity contribution in [2.24, 2.45) is 35.5 Å². The van der Waals surface area contributed by atoms with Crippen molar-refractivity contribution >= 4 is 23.1 Å². The quantitative estimate of drug-likeness (QED) is 0.574. The van der Waals surface area contributed by atoms with Crippen LogP contribution in [0.4, 0.5) is 0 Å². The van der Waals surface area contributed by atoms with Crippen LogP contribution in [0.1, 0.15) is 88.4 Å². The molecule has 8 fully saturated rings. The van der Waals surface area contributed by atoms with Gasteiger partial charge >= 0.3 is 0 Å². The second kappa shape index (κ2) is 6.81. The number of rotatable bonds is 2. The van der Waals surface area contributed by atoms with Gasteiger partial charge in [-0.3, -0.25) is 0 Å². The topological polar surface area (TPSA) is 51.6 Å². The number of nitrogens with zero attached hydrogens (tertiary/aromatic N) is 4. The van der Waals surface area contributed by atoms with E-state index in [1.165, 1.54) is 112 Å². The fraction of sp³-hybridized carbons (Fsp3) is 0.833. The van der Waals surface area contributed by atoms with Crippen molar-refractivity contribution in [1.29, 1.82) is 0 Å². The Balaban J connectivity index is 0.000000108. The van der Waals surface area contributed by atoms with E-state index in [0.717, 1.165) is 35.5 Å². The summed E-state index contributed by atoms with van der Waals surface area (Å²) in [4.78, 5) is 0. The Kier molecular flexibility index (Phi) is 4.24. The predicted octanol–water partition coefficient (Wildman–Crippen LogP) is 6.01. The lowest BCUT2D eigenvalue weighted by Gasteiger charge is -2.56. The van der Waals surface area contributed by atoms with Gasteiger partial charge in [0.15, 0.2) is 0 Å². The molecule has 0 radical (unpaired) electrons. The molecular formula is C24H32N4S2. The van der Waals surface area contributed by atoms with Gasteiger partial charge in [-0.05, 0) is 136 Å². The van der Waals surface area contributed by atoms with Gasteiger partial charge in [-0.25, -0.2) is 0 Å². The molecule has 0 aliphatic heterocycles. The van der Waals surface area contributed by atoms with Crippen LogP contribution in [0.3, 0.4) is 0 Å². The van der Waals surface area contributed by atoms with Gasteiger partial charge < -0.3 is 0 Å². The van der Waals surface area contributed by atoms with Gasteiger partial charge in [0, 0.05) is 21.6 Å². The molecule has 4 nitrogen and oxygen atoms in total. The molecule has 0 saturated heterocycles. The molecule has 30 heavy (non-hydrogen) atoms. The molecule has 8 bridgehead atoms. The van der Waals surface area contributed by atoms with Crippen LogP contribution >= 0.6 is 23.1 Å². The summed E-state index contributed by atoms with van der Waals surface area (Å²) in [5.74, 6) is 6.07. The van der Waals surface area contributed by atoms with Gasteiger partial charge in [-0.2, -0.15) is 0 Å². The van der Waals surface area contributed by atoms with Crippen molar-refractivity contribution < 1.29 is 0 Å². The van der Waals surface area contributed by atoms with Gasteiger partial charge in [-0.1, -0.05) is 8.98 Å². The van der Waals surface area contributed by atoms with Gasteiger partial charge in [0.2, 0.25) is 0 Å². The first-order chi connectivity index (χ1) is 14.7. The molecule has 8 saturated carbocycles. The van der Waals surface area contributed by atoms with Crippen molar-refractivity contribution in [3.63, 3.8) is 0 Å². The summed E-state index contributed by atoms with van der Waals surface area (Å²) in [7, 11) is 0. The van der Waals surface area contributed by atoms with Crippen LogP contribution in [0, 0.1) is 35.5 Å². The third-order valence-corrected chi connectivity index (χ3v) is 10.9. The Labute approximate surface area is 187 Å². The first-order valence-corrected chi connectivity index (χ1v) is 13.9. The van der Waals surface area contributed by atoms with E-state index in [-0.39, 0.29) is 0 Å². The maximum atomic E-state index is 4.37. The number of aromatic nitrogens is 4. The van der Waals surface area contributed by atoms with E-state index in [9.17, 15) is 0 Å². The van der Waals surface area contributed by atoms with Crippen molar-refractivity contribution in [2.75, 3.05) is 0 Å².